The van der Waals surface area contributed by atoms with Crippen molar-refractivity contribution >= 4 is 5.91 Å². The molecule has 1 saturated heterocycles. The van der Waals surface area contributed by atoms with E-state index in [1.807, 2.05) is 30.9 Å². The van der Waals surface area contributed by atoms with Crippen molar-refractivity contribution in [2.75, 3.05) is 13.1 Å². The number of hydrogen-bond acceptors (Lipinski definition) is 4. The highest BCUT2D eigenvalue weighted by molar-refractivity contribution is 5.92. The highest BCUT2D eigenvalue weighted by Gasteiger charge is 2.27. The number of hydrogen-bond donors (Lipinski definition) is 0. The lowest BCUT2D eigenvalue weighted by atomic mass is 9.92. The van der Waals surface area contributed by atoms with Crippen molar-refractivity contribution in [3.05, 3.63) is 88.5 Å². The van der Waals surface area contributed by atoms with Crippen LogP contribution in [0.3, 0.4) is 0 Å². The number of nitrogens with zero attached hydrogens (tertiary/aromatic N) is 4. The third kappa shape index (κ3) is 4.70. The van der Waals surface area contributed by atoms with Crippen LogP contribution in [0.25, 0.3) is 0 Å². The summed E-state index contributed by atoms with van der Waals surface area (Å²) >= 11 is 0. The SMILES string of the molecule is Cc1cnc(C(=O)N2CCC[C@H](c3cc(Cc4ccc(F)cc4)cc(C)n3)C2)cn1. The van der Waals surface area contributed by atoms with Crippen LogP contribution in [-0.4, -0.2) is 38.8 Å². The van der Waals surface area contributed by atoms with Crippen LogP contribution >= 0.6 is 0 Å². The molecular formula is C24H25FN4O. The number of benzene rings is 1. The number of aromatic nitrogens is 3. The van der Waals surface area contributed by atoms with E-state index in [0.717, 1.165) is 54.0 Å². The maximum atomic E-state index is 13.2. The molecule has 5 nitrogen and oxygen atoms in total. The average molecular weight is 404 g/mol. The van der Waals surface area contributed by atoms with Crippen molar-refractivity contribution in [3.63, 3.8) is 0 Å². The molecule has 3 heterocycles. The van der Waals surface area contributed by atoms with Gasteiger partial charge in [-0.1, -0.05) is 12.1 Å². The number of piperidine rings is 1. The van der Waals surface area contributed by atoms with E-state index in [0.29, 0.717) is 12.2 Å². The third-order valence-electron chi connectivity index (χ3n) is 5.48. The molecule has 0 bridgehead atoms. The van der Waals surface area contributed by atoms with Crippen LogP contribution in [0.4, 0.5) is 4.39 Å². The number of likely N-dealkylation sites (tertiary alicyclic amines) is 1. The molecule has 1 aromatic carbocycles. The first kappa shape index (κ1) is 20.1. The van der Waals surface area contributed by atoms with Crippen LogP contribution in [0.5, 0.6) is 0 Å². The van der Waals surface area contributed by atoms with Crippen molar-refractivity contribution in [2.45, 2.75) is 39.0 Å². The Labute approximate surface area is 176 Å². The second-order valence-electron chi connectivity index (χ2n) is 7.98. The van der Waals surface area contributed by atoms with Gasteiger partial charge < -0.3 is 4.90 Å². The Morgan fingerprint density at radius 1 is 1.07 bits per heavy atom. The van der Waals surface area contributed by atoms with Gasteiger partial charge in [0.2, 0.25) is 0 Å². The maximum Gasteiger partial charge on any atom is 0.274 e. The predicted molar refractivity (Wildman–Crippen MR) is 113 cm³/mol. The zero-order chi connectivity index (χ0) is 21.1. The fraction of sp³-hybridized carbons (Fsp3) is 0.333. The molecule has 0 spiro atoms. The smallest absolute Gasteiger partial charge is 0.274 e. The van der Waals surface area contributed by atoms with Gasteiger partial charge in [0, 0.05) is 36.6 Å². The Morgan fingerprint density at radius 3 is 2.60 bits per heavy atom. The van der Waals surface area contributed by atoms with Gasteiger partial charge in [-0.15, -0.1) is 0 Å². The normalized spacial score (nSPS) is 16.5. The molecule has 1 atom stereocenters. The summed E-state index contributed by atoms with van der Waals surface area (Å²) in [6, 6.07) is 10.8. The van der Waals surface area contributed by atoms with Crippen molar-refractivity contribution < 1.29 is 9.18 Å². The fourth-order valence-corrected chi connectivity index (χ4v) is 3.99. The summed E-state index contributed by atoms with van der Waals surface area (Å²) in [5.41, 5.74) is 5.36. The highest BCUT2D eigenvalue weighted by Crippen LogP contribution is 2.28. The lowest BCUT2D eigenvalue weighted by Crippen LogP contribution is -2.39. The van der Waals surface area contributed by atoms with Crippen molar-refractivity contribution in [1.29, 1.82) is 0 Å². The molecule has 6 heteroatoms. The number of carbonyl (C=O) groups excluding carboxylic acids is 1. The molecule has 1 amide bonds. The molecule has 0 radical (unpaired) electrons. The summed E-state index contributed by atoms with van der Waals surface area (Å²) in [6.07, 6.45) is 5.82. The molecule has 1 aliphatic rings. The fourth-order valence-electron chi connectivity index (χ4n) is 3.99. The van der Waals surface area contributed by atoms with Crippen LogP contribution in [0.2, 0.25) is 0 Å². The molecule has 2 aromatic heterocycles. The number of pyridine rings is 1. The summed E-state index contributed by atoms with van der Waals surface area (Å²) in [7, 11) is 0. The Kier molecular flexibility index (Phi) is 5.84. The molecule has 1 aliphatic heterocycles. The molecule has 0 saturated carbocycles. The first-order valence-corrected chi connectivity index (χ1v) is 10.3. The molecule has 154 valence electrons. The van der Waals surface area contributed by atoms with Gasteiger partial charge in [-0.3, -0.25) is 14.8 Å². The summed E-state index contributed by atoms with van der Waals surface area (Å²) in [4.78, 5) is 27.9. The molecular weight excluding hydrogens is 379 g/mol. The van der Waals surface area contributed by atoms with E-state index in [1.54, 1.807) is 12.4 Å². The topological polar surface area (TPSA) is 59.0 Å². The number of amides is 1. The quantitative estimate of drug-likeness (QED) is 0.653. The highest BCUT2D eigenvalue weighted by atomic mass is 19.1. The third-order valence-corrected chi connectivity index (χ3v) is 5.48. The van der Waals surface area contributed by atoms with E-state index < -0.39 is 0 Å². The molecule has 4 rings (SSSR count). The second kappa shape index (κ2) is 8.69. The largest absolute Gasteiger partial charge is 0.337 e. The van der Waals surface area contributed by atoms with Crippen LogP contribution in [0.1, 0.15) is 57.5 Å². The van der Waals surface area contributed by atoms with E-state index in [9.17, 15) is 9.18 Å². The summed E-state index contributed by atoms with van der Waals surface area (Å²) in [6.45, 7) is 5.19. The van der Waals surface area contributed by atoms with E-state index in [2.05, 4.69) is 22.1 Å². The van der Waals surface area contributed by atoms with Gasteiger partial charge in [-0.25, -0.2) is 9.37 Å². The van der Waals surface area contributed by atoms with Crippen LogP contribution < -0.4 is 0 Å². The first-order chi connectivity index (χ1) is 14.5. The van der Waals surface area contributed by atoms with Gasteiger partial charge >= 0.3 is 0 Å². The van der Waals surface area contributed by atoms with E-state index in [-0.39, 0.29) is 17.6 Å². The molecule has 1 fully saturated rings. The van der Waals surface area contributed by atoms with Gasteiger partial charge in [0.1, 0.15) is 11.5 Å². The second-order valence-corrected chi connectivity index (χ2v) is 7.98. The Bertz CT molecular complexity index is 1030. The van der Waals surface area contributed by atoms with Crippen molar-refractivity contribution in [1.82, 2.24) is 19.9 Å². The lowest BCUT2D eigenvalue weighted by Gasteiger charge is -2.32. The van der Waals surface area contributed by atoms with Crippen LogP contribution in [0.15, 0.2) is 48.8 Å². The average Bonchev–Trinajstić information content (AvgIpc) is 2.75. The maximum absolute atomic E-state index is 13.2. The number of aryl methyl sites for hydroxylation is 2. The number of carbonyl (C=O) groups is 1. The van der Waals surface area contributed by atoms with E-state index in [4.69, 9.17) is 4.98 Å². The number of rotatable bonds is 4. The Morgan fingerprint density at radius 2 is 1.87 bits per heavy atom. The molecule has 0 aliphatic carbocycles. The molecule has 0 N–H and O–H groups in total. The van der Waals surface area contributed by atoms with Gasteiger partial charge in [0.05, 0.1) is 11.9 Å². The predicted octanol–water partition coefficient (Wildman–Crippen LogP) is 4.24. The van der Waals surface area contributed by atoms with Gasteiger partial charge in [-0.05, 0) is 68.5 Å². The van der Waals surface area contributed by atoms with Gasteiger partial charge in [-0.2, -0.15) is 0 Å². The standard InChI is InChI=1S/C24H25FN4O/c1-16-10-19(11-18-5-7-21(25)8-6-18)12-22(28-16)20-4-3-9-29(15-20)24(30)23-14-26-17(2)13-27-23/h5-8,10,12-14,20H,3-4,9,11,15H2,1-2H3/t20-/m0/s1. The summed E-state index contributed by atoms with van der Waals surface area (Å²) < 4.78 is 13.2. The van der Waals surface area contributed by atoms with Gasteiger partial charge in [0.25, 0.3) is 5.91 Å². The molecule has 3 aromatic rings. The van der Waals surface area contributed by atoms with E-state index in [1.165, 1.54) is 12.1 Å². The molecule has 30 heavy (non-hydrogen) atoms. The van der Waals surface area contributed by atoms with Crippen LogP contribution in [0, 0.1) is 19.7 Å². The minimum atomic E-state index is -0.226. The minimum absolute atomic E-state index is 0.0774. The Hall–Kier alpha value is -3.15. The van der Waals surface area contributed by atoms with Crippen LogP contribution in [-0.2, 0) is 6.42 Å². The minimum Gasteiger partial charge on any atom is -0.337 e. The Balaban J connectivity index is 1.51. The zero-order valence-electron chi connectivity index (χ0n) is 17.3. The molecule has 0 unspecified atom stereocenters. The van der Waals surface area contributed by atoms with E-state index >= 15 is 0 Å². The first-order valence-electron chi connectivity index (χ1n) is 10.3. The van der Waals surface area contributed by atoms with Crippen molar-refractivity contribution in [3.8, 4) is 0 Å². The zero-order valence-corrected chi connectivity index (χ0v) is 17.3. The lowest BCUT2D eigenvalue weighted by molar-refractivity contribution is 0.0699. The van der Waals surface area contributed by atoms with Crippen molar-refractivity contribution in [2.24, 2.45) is 0 Å². The number of halogens is 1. The monoisotopic (exact) mass is 404 g/mol. The summed E-state index contributed by atoms with van der Waals surface area (Å²) in [5.74, 6) is -0.116. The summed E-state index contributed by atoms with van der Waals surface area (Å²) in [5, 5.41) is 0. The van der Waals surface area contributed by atoms with Gasteiger partial charge in [0.15, 0.2) is 0 Å².